The lowest BCUT2D eigenvalue weighted by Crippen LogP contribution is -2.56. The van der Waals surface area contributed by atoms with Crippen molar-refractivity contribution in [2.45, 2.75) is 58.5 Å². The van der Waals surface area contributed by atoms with Crippen LogP contribution >= 0.6 is 0 Å². The summed E-state index contributed by atoms with van der Waals surface area (Å²) >= 11 is 0. The van der Waals surface area contributed by atoms with E-state index in [0.717, 1.165) is 25.8 Å². The third-order valence-corrected chi connectivity index (χ3v) is 4.48. The molecule has 1 heterocycles. The highest BCUT2D eigenvalue weighted by molar-refractivity contribution is 5.90. The Morgan fingerprint density at radius 2 is 1.85 bits per heavy atom. The van der Waals surface area contributed by atoms with Crippen LogP contribution in [0, 0.1) is 5.92 Å². The predicted molar refractivity (Wildman–Crippen MR) is 83.8 cm³/mol. The Labute approximate surface area is 123 Å². The predicted octanol–water partition coefficient (Wildman–Crippen LogP) is 3.70. The van der Waals surface area contributed by atoms with Crippen LogP contribution in [-0.2, 0) is 11.2 Å². The van der Waals surface area contributed by atoms with Gasteiger partial charge in [-0.2, -0.15) is 0 Å². The highest BCUT2D eigenvalue weighted by Crippen LogP contribution is 2.37. The largest absolute Gasteiger partial charge is 0.297 e. The van der Waals surface area contributed by atoms with Crippen LogP contribution in [0.5, 0.6) is 0 Å². The molecule has 2 heteroatoms. The minimum atomic E-state index is -0.288. The molecule has 2 rings (SSSR count). The van der Waals surface area contributed by atoms with Crippen LogP contribution in [0.1, 0.15) is 46.1 Å². The second-order valence-corrected chi connectivity index (χ2v) is 6.60. The third kappa shape index (κ3) is 2.80. The monoisotopic (exact) mass is 273 g/mol. The molecule has 0 bridgehead atoms. The van der Waals surface area contributed by atoms with Gasteiger partial charge in [-0.1, -0.05) is 44.2 Å². The molecule has 1 saturated heterocycles. The van der Waals surface area contributed by atoms with Crippen LogP contribution in [0.15, 0.2) is 30.3 Å². The van der Waals surface area contributed by atoms with E-state index in [0.29, 0.717) is 11.8 Å². The molecule has 0 aromatic heterocycles. The van der Waals surface area contributed by atoms with Gasteiger partial charge in [-0.05, 0) is 45.2 Å². The van der Waals surface area contributed by atoms with Crippen molar-refractivity contribution < 1.29 is 4.79 Å². The van der Waals surface area contributed by atoms with Crippen molar-refractivity contribution >= 4 is 5.78 Å². The first kappa shape index (κ1) is 15.2. The molecule has 0 saturated carbocycles. The van der Waals surface area contributed by atoms with Gasteiger partial charge in [0.15, 0.2) is 5.78 Å². The molecule has 110 valence electrons. The maximum Gasteiger partial charge on any atom is 0.155 e. The first-order chi connectivity index (χ1) is 9.47. The summed E-state index contributed by atoms with van der Waals surface area (Å²) in [6.45, 7) is 9.53. The number of benzene rings is 1. The van der Waals surface area contributed by atoms with Crippen molar-refractivity contribution in [3.8, 4) is 0 Å². The van der Waals surface area contributed by atoms with E-state index in [1.807, 2.05) is 19.9 Å². The van der Waals surface area contributed by atoms with Crippen molar-refractivity contribution in [2.24, 2.45) is 5.92 Å². The second-order valence-electron chi connectivity index (χ2n) is 6.60. The van der Waals surface area contributed by atoms with Crippen molar-refractivity contribution in [1.29, 1.82) is 0 Å². The molecule has 0 spiro atoms. The number of likely N-dealkylation sites (tertiary alicyclic amines) is 1. The quantitative estimate of drug-likeness (QED) is 0.815. The van der Waals surface area contributed by atoms with E-state index in [9.17, 15) is 4.79 Å². The van der Waals surface area contributed by atoms with Crippen LogP contribution < -0.4 is 0 Å². The number of rotatable bonds is 5. The number of ketones is 1. The van der Waals surface area contributed by atoms with Crippen LogP contribution in [0.25, 0.3) is 0 Å². The average molecular weight is 273 g/mol. The van der Waals surface area contributed by atoms with E-state index in [1.165, 1.54) is 5.56 Å². The van der Waals surface area contributed by atoms with Gasteiger partial charge in [-0.25, -0.2) is 0 Å². The minimum Gasteiger partial charge on any atom is -0.297 e. The Bertz CT molecular complexity index is 452. The van der Waals surface area contributed by atoms with E-state index in [2.05, 4.69) is 43.0 Å². The molecule has 20 heavy (non-hydrogen) atoms. The van der Waals surface area contributed by atoms with Gasteiger partial charge in [-0.3, -0.25) is 9.69 Å². The zero-order valence-corrected chi connectivity index (χ0v) is 13.2. The summed E-state index contributed by atoms with van der Waals surface area (Å²) in [5, 5.41) is 0. The van der Waals surface area contributed by atoms with E-state index < -0.39 is 0 Å². The zero-order chi connectivity index (χ0) is 14.8. The van der Waals surface area contributed by atoms with Crippen LogP contribution in [0.3, 0.4) is 0 Å². The summed E-state index contributed by atoms with van der Waals surface area (Å²) in [7, 11) is 0. The standard InChI is InChI=1S/C18H27NO/c1-14(2)17(20)18(11-8-12-19(18)15(3)4)13-16-9-6-5-7-10-16/h5-7,9-10,14-15H,8,11-13H2,1-4H3/t18-/m0/s1. The lowest BCUT2D eigenvalue weighted by Gasteiger charge is -2.41. The number of carbonyl (C=O) groups is 1. The number of Topliss-reactive ketones (excluding diaryl/α,β-unsaturated/α-hetero) is 1. The van der Waals surface area contributed by atoms with Crippen molar-refractivity contribution in [1.82, 2.24) is 4.90 Å². The molecule has 1 aliphatic rings. The number of nitrogens with zero attached hydrogens (tertiary/aromatic N) is 1. The van der Waals surface area contributed by atoms with Gasteiger partial charge < -0.3 is 0 Å². The number of hydrogen-bond acceptors (Lipinski definition) is 2. The fourth-order valence-electron chi connectivity index (χ4n) is 3.66. The zero-order valence-electron chi connectivity index (χ0n) is 13.2. The smallest absolute Gasteiger partial charge is 0.155 e. The fraction of sp³-hybridized carbons (Fsp3) is 0.611. The lowest BCUT2D eigenvalue weighted by molar-refractivity contribution is -0.134. The van der Waals surface area contributed by atoms with Gasteiger partial charge in [0.05, 0.1) is 5.54 Å². The lowest BCUT2D eigenvalue weighted by atomic mass is 9.79. The Morgan fingerprint density at radius 1 is 1.20 bits per heavy atom. The fourth-order valence-corrected chi connectivity index (χ4v) is 3.66. The normalized spacial score (nSPS) is 23.7. The molecule has 0 N–H and O–H groups in total. The van der Waals surface area contributed by atoms with Crippen LogP contribution in [-0.4, -0.2) is 28.8 Å². The summed E-state index contributed by atoms with van der Waals surface area (Å²) < 4.78 is 0. The van der Waals surface area contributed by atoms with Crippen LogP contribution in [0.2, 0.25) is 0 Å². The van der Waals surface area contributed by atoms with Crippen LogP contribution in [0.4, 0.5) is 0 Å². The topological polar surface area (TPSA) is 20.3 Å². The Hall–Kier alpha value is -1.15. The summed E-state index contributed by atoms with van der Waals surface area (Å²) in [6.07, 6.45) is 2.98. The van der Waals surface area contributed by atoms with Gasteiger partial charge in [0, 0.05) is 12.0 Å². The molecule has 1 aromatic carbocycles. The molecule has 1 aliphatic heterocycles. The molecule has 2 nitrogen and oxygen atoms in total. The van der Waals surface area contributed by atoms with Crippen molar-refractivity contribution in [3.05, 3.63) is 35.9 Å². The van der Waals surface area contributed by atoms with Gasteiger partial charge >= 0.3 is 0 Å². The molecule has 1 fully saturated rings. The van der Waals surface area contributed by atoms with E-state index in [1.54, 1.807) is 0 Å². The van der Waals surface area contributed by atoms with E-state index >= 15 is 0 Å². The third-order valence-electron chi connectivity index (χ3n) is 4.48. The maximum atomic E-state index is 12.9. The molecule has 0 aliphatic carbocycles. The highest BCUT2D eigenvalue weighted by atomic mass is 16.1. The van der Waals surface area contributed by atoms with Gasteiger partial charge in [0.25, 0.3) is 0 Å². The Kier molecular flexibility index (Phi) is 4.64. The molecular weight excluding hydrogens is 246 g/mol. The summed E-state index contributed by atoms with van der Waals surface area (Å²) in [6, 6.07) is 10.9. The number of carbonyl (C=O) groups excluding carboxylic acids is 1. The molecule has 0 unspecified atom stereocenters. The minimum absolute atomic E-state index is 0.0954. The van der Waals surface area contributed by atoms with E-state index in [-0.39, 0.29) is 11.5 Å². The van der Waals surface area contributed by atoms with Gasteiger partial charge in [-0.15, -0.1) is 0 Å². The number of hydrogen-bond donors (Lipinski definition) is 0. The summed E-state index contributed by atoms with van der Waals surface area (Å²) in [4.78, 5) is 15.4. The molecule has 1 atom stereocenters. The SMILES string of the molecule is CC(C)C(=O)[C@@]1(Cc2ccccc2)CCCN1C(C)C. The highest BCUT2D eigenvalue weighted by Gasteiger charge is 2.48. The van der Waals surface area contributed by atoms with Gasteiger partial charge in [0.2, 0.25) is 0 Å². The first-order valence-corrected chi connectivity index (χ1v) is 7.82. The van der Waals surface area contributed by atoms with Crippen molar-refractivity contribution in [3.63, 3.8) is 0 Å². The molecular formula is C18H27NO. The van der Waals surface area contributed by atoms with E-state index in [4.69, 9.17) is 0 Å². The molecule has 1 aromatic rings. The van der Waals surface area contributed by atoms with Gasteiger partial charge in [0.1, 0.15) is 0 Å². The molecule has 0 amide bonds. The Balaban J connectivity index is 2.36. The summed E-state index contributed by atoms with van der Waals surface area (Å²) in [5.74, 6) is 0.505. The van der Waals surface area contributed by atoms with Crippen molar-refractivity contribution in [2.75, 3.05) is 6.54 Å². The summed E-state index contributed by atoms with van der Waals surface area (Å²) in [5.41, 5.74) is 0.984. The Morgan fingerprint density at radius 3 is 2.40 bits per heavy atom. The second kappa shape index (κ2) is 6.09. The molecule has 0 radical (unpaired) electrons. The maximum absolute atomic E-state index is 12.9. The average Bonchev–Trinajstić information content (AvgIpc) is 2.83. The first-order valence-electron chi connectivity index (χ1n) is 7.82.